The number of anilines is 1. The Bertz CT molecular complexity index is 426. The third-order valence-corrected chi connectivity index (χ3v) is 3.65. The number of benzene rings is 1. The highest BCUT2D eigenvalue weighted by Crippen LogP contribution is 2.25. The minimum atomic E-state index is -0.357. The maximum absolute atomic E-state index is 13.1. The number of halogens is 1. The summed E-state index contributed by atoms with van der Waals surface area (Å²) in [6.07, 6.45) is 2.88. The molecule has 0 saturated carbocycles. The Morgan fingerprint density at radius 1 is 1.33 bits per heavy atom. The Morgan fingerprint density at radius 3 is 2.56 bits per heavy atom. The van der Waals surface area contributed by atoms with Gasteiger partial charge in [0.1, 0.15) is 5.82 Å². The van der Waals surface area contributed by atoms with E-state index in [1.807, 2.05) is 0 Å². The zero-order valence-corrected chi connectivity index (χ0v) is 10.9. The molecule has 98 valence electrons. The van der Waals surface area contributed by atoms with Crippen molar-refractivity contribution in [3.63, 3.8) is 0 Å². The molecule has 4 heteroatoms. The average Bonchev–Trinajstić information content (AvgIpc) is 2.38. The largest absolute Gasteiger partial charge is 0.371 e. The molecule has 18 heavy (non-hydrogen) atoms. The first kappa shape index (κ1) is 13.0. The van der Waals surface area contributed by atoms with E-state index in [2.05, 4.69) is 23.9 Å². The van der Waals surface area contributed by atoms with E-state index in [1.165, 1.54) is 12.1 Å². The number of carbonyl (C=O) groups excluding carboxylic acids is 1. The summed E-state index contributed by atoms with van der Waals surface area (Å²) in [6, 6.07) is 5.02. The molecule has 0 aromatic heterocycles. The van der Waals surface area contributed by atoms with E-state index in [9.17, 15) is 9.18 Å². The van der Waals surface area contributed by atoms with Crippen molar-refractivity contribution in [2.24, 2.45) is 0 Å². The topological polar surface area (TPSA) is 23.6 Å². The van der Waals surface area contributed by atoms with Gasteiger partial charge in [0.05, 0.1) is 0 Å². The quantitative estimate of drug-likeness (QED) is 0.768. The molecule has 1 heterocycles. The number of hydrogen-bond donors (Lipinski definition) is 0. The van der Waals surface area contributed by atoms with Crippen LogP contribution in [0.1, 0.15) is 23.2 Å². The third kappa shape index (κ3) is 2.70. The molecule has 1 fully saturated rings. The van der Waals surface area contributed by atoms with Crippen LogP contribution in [0.4, 0.5) is 10.1 Å². The predicted octanol–water partition coefficient (Wildman–Crippen LogP) is 2.17. The van der Waals surface area contributed by atoms with Gasteiger partial charge >= 0.3 is 0 Å². The number of carbonyl (C=O) groups is 1. The lowest BCUT2D eigenvalue weighted by Gasteiger charge is -2.37. The predicted molar refractivity (Wildman–Crippen MR) is 70.7 cm³/mol. The second-order valence-corrected chi connectivity index (χ2v) is 5.00. The van der Waals surface area contributed by atoms with Crippen LogP contribution in [0.2, 0.25) is 0 Å². The lowest BCUT2D eigenvalue weighted by Crippen LogP contribution is -2.42. The highest BCUT2D eigenvalue weighted by Gasteiger charge is 2.22. The summed E-state index contributed by atoms with van der Waals surface area (Å²) in [7, 11) is 4.18. The molecule has 1 aliphatic heterocycles. The fraction of sp³-hybridized carbons (Fsp3) is 0.500. The molecule has 1 aliphatic rings. The molecule has 3 nitrogen and oxygen atoms in total. The van der Waals surface area contributed by atoms with Crippen LogP contribution in [0.15, 0.2) is 18.2 Å². The van der Waals surface area contributed by atoms with Crippen molar-refractivity contribution in [3.05, 3.63) is 29.6 Å². The summed E-state index contributed by atoms with van der Waals surface area (Å²) in [5.74, 6) is -0.357. The fourth-order valence-electron chi connectivity index (χ4n) is 2.53. The highest BCUT2D eigenvalue weighted by molar-refractivity contribution is 5.84. The molecule has 0 bridgehead atoms. The van der Waals surface area contributed by atoms with Gasteiger partial charge in [0, 0.05) is 30.4 Å². The molecule has 0 amide bonds. The van der Waals surface area contributed by atoms with Crippen molar-refractivity contribution in [3.8, 4) is 0 Å². The summed E-state index contributed by atoms with van der Waals surface area (Å²) >= 11 is 0. The molecular weight excluding hydrogens is 231 g/mol. The fourth-order valence-corrected chi connectivity index (χ4v) is 2.53. The first-order valence-electron chi connectivity index (χ1n) is 6.28. The molecule has 1 aromatic carbocycles. The molecular formula is C14H19FN2O. The molecule has 0 N–H and O–H groups in total. The van der Waals surface area contributed by atoms with Crippen LogP contribution in [-0.4, -0.2) is 44.4 Å². The summed E-state index contributed by atoms with van der Waals surface area (Å²) in [6.45, 7) is 1.82. The normalized spacial score (nSPS) is 17.2. The minimum Gasteiger partial charge on any atom is -0.371 e. The molecule has 2 rings (SSSR count). The Kier molecular flexibility index (Phi) is 3.97. The SMILES string of the molecule is CN(C)C1CCN(c2ccc(F)cc2C=O)CC1. The van der Waals surface area contributed by atoms with Gasteiger partial charge in [-0.3, -0.25) is 4.79 Å². The van der Waals surface area contributed by atoms with E-state index < -0.39 is 0 Å². The second-order valence-electron chi connectivity index (χ2n) is 5.00. The third-order valence-electron chi connectivity index (χ3n) is 3.65. The second kappa shape index (κ2) is 5.48. The maximum atomic E-state index is 13.1. The lowest BCUT2D eigenvalue weighted by molar-refractivity contribution is 0.112. The van der Waals surface area contributed by atoms with Gasteiger partial charge in [0.2, 0.25) is 0 Å². The summed E-state index contributed by atoms with van der Waals surface area (Å²) in [5.41, 5.74) is 1.29. The Labute approximate surface area is 107 Å². The first-order valence-corrected chi connectivity index (χ1v) is 6.28. The van der Waals surface area contributed by atoms with E-state index in [0.717, 1.165) is 37.9 Å². The van der Waals surface area contributed by atoms with Crippen LogP contribution in [0, 0.1) is 5.82 Å². The van der Waals surface area contributed by atoms with Gasteiger partial charge in [0.15, 0.2) is 6.29 Å². The van der Waals surface area contributed by atoms with E-state index in [0.29, 0.717) is 11.6 Å². The number of piperidine rings is 1. The lowest BCUT2D eigenvalue weighted by atomic mass is 10.0. The molecule has 0 aliphatic carbocycles. The van der Waals surface area contributed by atoms with Crippen LogP contribution in [0.5, 0.6) is 0 Å². The Morgan fingerprint density at radius 2 is 2.00 bits per heavy atom. The van der Waals surface area contributed by atoms with Crippen LogP contribution >= 0.6 is 0 Å². The standard InChI is InChI=1S/C14H19FN2O/c1-16(2)13-5-7-17(8-6-13)14-4-3-12(15)9-11(14)10-18/h3-4,9-10,13H,5-8H2,1-2H3. The van der Waals surface area contributed by atoms with Crippen molar-refractivity contribution < 1.29 is 9.18 Å². The van der Waals surface area contributed by atoms with Crippen molar-refractivity contribution >= 4 is 12.0 Å². The van der Waals surface area contributed by atoms with Crippen molar-refractivity contribution in [2.75, 3.05) is 32.1 Å². The van der Waals surface area contributed by atoms with Gasteiger partial charge in [0.25, 0.3) is 0 Å². The van der Waals surface area contributed by atoms with Crippen LogP contribution in [0.3, 0.4) is 0 Å². The smallest absolute Gasteiger partial charge is 0.152 e. The van der Waals surface area contributed by atoms with Crippen LogP contribution < -0.4 is 4.90 Å². The molecule has 0 atom stereocenters. The van der Waals surface area contributed by atoms with E-state index in [1.54, 1.807) is 6.07 Å². The van der Waals surface area contributed by atoms with Gasteiger partial charge in [-0.1, -0.05) is 0 Å². The monoisotopic (exact) mass is 250 g/mol. The number of rotatable bonds is 3. The first-order chi connectivity index (χ1) is 8.61. The highest BCUT2D eigenvalue weighted by atomic mass is 19.1. The van der Waals surface area contributed by atoms with Gasteiger partial charge in [-0.05, 0) is 45.1 Å². The molecule has 0 unspecified atom stereocenters. The minimum absolute atomic E-state index is 0.357. The van der Waals surface area contributed by atoms with Crippen molar-refractivity contribution in [1.82, 2.24) is 4.90 Å². The summed E-state index contributed by atoms with van der Waals surface area (Å²) < 4.78 is 13.1. The Hall–Kier alpha value is -1.42. The van der Waals surface area contributed by atoms with E-state index in [-0.39, 0.29) is 5.82 Å². The summed E-state index contributed by atoms with van der Waals surface area (Å²) in [4.78, 5) is 15.4. The zero-order valence-electron chi connectivity index (χ0n) is 10.9. The van der Waals surface area contributed by atoms with Gasteiger partial charge < -0.3 is 9.80 Å². The maximum Gasteiger partial charge on any atom is 0.152 e. The van der Waals surface area contributed by atoms with Gasteiger partial charge in [-0.2, -0.15) is 0 Å². The van der Waals surface area contributed by atoms with Gasteiger partial charge in [-0.25, -0.2) is 4.39 Å². The van der Waals surface area contributed by atoms with Crippen LogP contribution in [-0.2, 0) is 0 Å². The molecule has 1 aromatic rings. The van der Waals surface area contributed by atoms with E-state index in [4.69, 9.17) is 0 Å². The molecule has 0 spiro atoms. The number of nitrogens with zero attached hydrogens (tertiary/aromatic N) is 2. The number of hydrogen-bond acceptors (Lipinski definition) is 3. The van der Waals surface area contributed by atoms with Crippen molar-refractivity contribution in [1.29, 1.82) is 0 Å². The van der Waals surface area contributed by atoms with Gasteiger partial charge in [-0.15, -0.1) is 0 Å². The molecule has 0 radical (unpaired) electrons. The van der Waals surface area contributed by atoms with Crippen LogP contribution in [0.25, 0.3) is 0 Å². The Balaban J connectivity index is 2.12. The number of aldehydes is 1. The average molecular weight is 250 g/mol. The van der Waals surface area contributed by atoms with Crippen molar-refractivity contribution in [2.45, 2.75) is 18.9 Å². The molecule has 1 saturated heterocycles. The zero-order chi connectivity index (χ0) is 13.1. The summed E-state index contributed by atoms with van der Waals surface area (Å²) in [5, 5.41) is 0. The van der Waals surface area contributed by atoms with E-state index >= 15 is 0 Å².